The van der Waals surface area contributed by atoms with Gasteiger partial charge in [-0.05, 0) is 54.0 Å². The highest BCUT2D eigenvalue weighted by molar-refractivity contribution is 7.80. The summed E-state index contributed by atoms with van der Waals surface area (Å²) in [5.41, 5.74) is 2.65. The van der Waals surface area contributed by atoms with Crippen LogP contribution in [-0.4, -0.2) is 21.5 Å². The van der Waals surface area contributed by atoms with Gasteiger partial charge in [0.15, 0.2) is 5.11 Å². The van der Waals surface area contributed by atoms with E-state index in [0.29, 0.717) is 5.69 Å². The molecular formula is C18H17N3O2S. The Morgan fingerprint density at radius 2 is 1.88 bits per heavy atom. The molecule has 122 valence electrons. The van der Waals surface area contributed by atoms with E-state index in [0.717, 1.165) is 12.0 Å². The third-order valence-corrected chi connectivity index (χ3v) is 4.15. The molecule has 5 nitrogen and oxygen atoms in total. The van der Waals surface area contributed by atoms with Gasteiger partial charge in [-0.1, -0.05) is 19.1 Å². The lowest BCUT2D eigenvalue weighted by molar-refractivity contribution is -0.122. The number of hydrogen-bond donors (Lipinski definition) is 1. The van der Waals surface area contributed by atoms with Crippen molar-refractivity contribution < 1.29 is 9.59 Å². The van der Waals surface area contributed by atoms with Gasteiger partial charge in [0.25, 0.3) is 11.8 Å². The van der Waals surface area contributed by atoms with Crippen molar-refractivity contribution in [3.8, 4) is 0 Å². The monoisotopic (exact) mass is 339 g/mol. The molecule has 1 N–H and O–H groups in total. The summed E-state index contributed by atoms with van der Waals surface area (Å²) in [6.45, 7) is 2.06. The van der Waals surface area contributed by atoms with E-state index in [1.54, 1.807) is 6.08 Å². The van der Waals surface area contributed by atoms with Crippen LogP contribution in [0.4, 0.5) is 5.69 Å². The average molecular weight is 339 g/mol. The predicted octanol–water partition coefficient (Wildman–Crippen LogP) is 2.42. The first-order valence-electron chi connectivity index (χ1n) is 7.62. The Morgan fingerprint density at radius 1 is 1.17 bits per heavy atom. The third-order valence-electron chi connectivity index (χ3n) is 3.87. The normalized spacial score (nSPS) is 16.7. The molecule has 0 radical (unpaired) electrons. The highest BCUT2D eigenvalue weighted by atomic mass is 32.1. The summed E-state index contributed by atoms with van der Waals surface area (Å²) in [5.74, 6) is -0.896. The maximum atomic E-state index is 12.8. The van der Waals surface area contributed by atoms with Crippen LogP contribution in [0, 0.1) is 0 Å². The molecule has 0 spiro atoms. The van der Waals surface area contributed by atoms with Gasteiger partial charge in [-0.15, -0.1) is 0 Å². The second kappa shape index (κ2) is 6.41. The average Bonchev–Trinajstić information content (AvgIpc) is 2.97. The number of aryl methyl sites for hydroxylation is 2. The number of thiocarbonyl (C=S) groups is 1. The summed E-state index contributed by atoms with van der Waals surface area (Å²) in [6.07, 6.45) is 6.17. The van der Waals surface area contributed by atoms with Crippen LogP contribution in [0.25, 0.3) is 6.08 Å². The first kappa shape index (κ1) is 16.1. The Morgan fingerprint density at radius 3 is 2.46 bits per heavy atom. The van der Waals surface area contributed by atoms with Gasteiger partial charge in [0, 0.05) is 19.4 Å². The first-order chi connectivity index (χ1) is 11.5. The lowest BCUT2D eigenvalue weighted by Crippen LogP contribution is -2.54. The number of hydrogen-bond acceptors (Lipinski definition) is 3. The van der Waals surface area contributed by atoms with Gasteiger partial charge in [0.05, 0.1) is 5.69 Å². The zero-order chi connectivity index (χ0) is 17.3. The molecule has 2 amide bonds. The number of amides is 2. The van der Waals surface area contributed by atoms with Crippen molar-refractivity contribution in [2.45, 2.75) is 13.3 Å². The minimum Gasteiger partial charge on any atom is -0.357 e. The molecule has 2 heterocycles. The summed E-state index contributed by atoms with van der Waals surface area (Å²) in [7, 11) is 1.88. The van der Waals surface area contributed by atoms with Crippen molar-refractivity contribution in [2.24, 2.45) is 7.05 Å². The second-order valence-electron chi connectivity index (χ2n) is 5.59. The van der Waals surface area contributed by atoms with Gasteiger partial charge in [-0.3, -0.25) is 19.8 Å². The van der Waals surface area contributed by atoms with Crippen molar-refractivity contribution in [2.75, 3.05) is 4.90 Å². The molecule has 2 aromatic rings. The Hall–Kier alpha value is -2.73. The van der Waals surface area contributed by atoms with E-state index in [-0.39, 0.29) is 10.7 Å². The highest BCUT2D eigenvalue weighted by Crippen LogP contribution is 2.22. The maximum absolute atomic E-state index is 12.8. The van der Waals surface area contributed by atoms with Gasteiger partial charge < -0.3 is 4.57 Å². The Labute approximate surface area is 145 Å². The molecular weight excluding hydrogens is 322 g/mol. The number of carbonyl (C=O) groups is 2. The predicted molar refractivity (Wildman–Crippen MR) is 97.4 cm³/mol. The summed E-state index contributed by atoms with van der Waals surface area (Å²) in [4.78, 5) is 26.3. The van der Waals surface area contributed by atoms with Gasteiger partial charge >= 0.3 is 0 Å². The lowest BCUT2D eigenvalue weighted by Gasteiger charge is -2.29. The molecule has 1 aromatic heterocycles. The van der Waals surface area contributed by atoms with E-state index < -0.39 is 11.8 Å². The number of aromatic nitrogens is 1. The van der Waals surface area contributed by atoms with E-state index >= 15 is 0 Å². The SMILES string of the molecule is CCc1ccc(N2C(=O)/C(=C\c3ccn(C)c3)C(=O)NC2=S)cc1. The van der Waals surface area contributed by atoms with Crippen LogP contribution >= 0.6 is 12.2 Å². The topological polar surface area (TPSA) is 54.3 Å². The number of carbonyl (C=O) groups excluding carboxylic acids is 2. The van der Waals surface area contributed by atoms with Crippen molar-refractivity contribution in [1.82, 2.24) is 9.88 Å². The van der Waals surface area contributed by atoms with Crippen LogP contribution < -0.4 is 10.2 Å². The largest absolute Gasteiger partial charge is 0.357 e. The molecule has 3 rings (SSSR count). The molecule has 1 aliphatic rings. The van der Waals surface area contributed by atoms with Gasteiger partial charge in [-0.2, -0.15) is 0 Å². The van der Waals surface area contributed by atoms with E-state index in [4.69, 9.17) is 12.2 Å². The van der Waals surface area contributed by atoms with Gasteiger partial charge in [0.1, 0.15) is 5.57 Å². The summed E-state index contributed by atoms with van der Waals surface area (Å²) in [5, 5.41) is 2.68. The van der Waals surface area contributed by atoms with Crippen molar-refractivity contribution in [3.05, 3.63) is 59.4 Å². The van der Waals surface area contributed by atoms with E-state index in [1.165, 1.54) is 10.5 Å². The molecule has 0 aliphatic carbocycles. The highest BCUT2D eigenvalue weighted by Gasteiger charge is 2.34. The Bertz CT molecular complexity index is 849. The van der Waals surface area contributed by atoms with Crippen LogP contribution in [-0.2, 0) is 23.1 Å². The fraction of sp³-hybridized carbons (Fsp3) is 0.167. The summed E-state index contributed by atoms with van der Waals surface area (Å²) in [6, 6.07) is 9.40. The van der Waals surface area contributed by atoms with Crippen molar-refractivity contribution >= 4 is 40.9 Å². The Kier molecular flexibility index (Phi) is 4.31. The molecule has 24 heavy (non-hydrogen) atoms. The molecule has 0 atom stereocenters. The quantitative estimate of drug-likeness (QED) is 0.531. The van der Waals surface area contributed by atoms with Gasteiger partial charge in [0.2, 0.25) is 0 Å². The zero-order valence-corrected chi connectivity index (χ0v) is 14.3. The van der Waals surface area contributed by atoms with Crippen molar-refractivity contribution in [3.63, 3.8) is 0 Å². The number of anilines is 1. The molecule has 0 unspecified atom stereocenters. The third kappa shape index (κ3) is 3.00. The van der Waals surface area contributed by atoms with Crippen LogP contribution in [0.1, 0.15) is 18.1 Å². The lowest BCUT2D eigenvalue weighted by atomic mass is 10.1. The number of rotatable bonds is 3. The molecule has 1 fully saturated rings. The number of nitrogens with zero attached hydrogens (tertiary/aromatic N) is 2. The van der Waals surface area contributed by atoms with Crippen LogP contribution in [0.2, 0.25) is 0 Å². The summed E-state index contributed by atoms with van der Waals surface area (Å²) < 4.78 is 1.85. The van der Waals surface area contributed by atoms with E-state index in [2.05, 4.69) is 12.2 Å². The second-order valence-corrected chi connectivity index (χ2v) is 5.97. The molecule has 1 aliphatic heterocycles. The maximum Gasteiger partial charge on any atom is 0.270 e. The van der Waals surface area contributed by atoms with Crippen LogP contribution in [0.3, 0.4) is 0 Å². The zero-order valence-electron chi connectivity index (χ0n) is 13.4. The molecule has 0 bridgehead atoms. The molecule has 1 saturated heterocycles. The standard InChI is InChI=1S/C18H17N3O2S/c1-3-12-4-6-14(7-5-12)21-17(23)15(16(22)19-18(21)24)10-13-8-9-20(2)11-13/h4-11H,3H2,1-2H3,(H,19,22,24)/b15-10-. The van der Waals surface area contributed by atoms with Crippen LogP contribution in [0.15, 0.2) is 48.3 Å². The minimum absolute atomic E-state index is 0.0642. The minimum atomic E-state index is -0.477. The van der Waals surface area contributed by atoms with E-state index in [9.17, 15) is 9.59 Å². The summed E-state index contributed by atoms with van der Waals surface area (Å²) >= 11 is 5.19. The number of benzene rings is 1. The molecule has 1 aromatic carbocycles. The van der Waals surface area contributed by atoms with E-state index in [1.807, 2.05) is 54.3 Å². The molecule has 0 saturated carbocycles. The molecule has 6 heteroatoms. The fourth-order valence-electron chi connectivity index (χ4n) is 2.55. The van der Waals surface area contributed by atoms with Crippen molar-refractivity contribution in [1.29, 1.82) is 0 Å². The van der Waals surface area contributed by atoms with Gasteiger partial charge in [-0.25, -0.2) is 0 Å². The Balaban J connectivity index is 1.97. The smallest absolute Gasteiger partial charge is 0.270 e. The first-order valence-corrected chi connectivity index (χ1v) is 8.03. The number of nitrogens with one attached hydrogen (secondary N) is 1. The fourth-order valence-corrected chi connectivity index (χ4v) is 2.83. The van der Waals surface area contributed by atoms with Crippen LogP contribution in [0.5, 0.6) is 0 Å².